The highest BCUT2D eigenvalue weighted by atomic mass is 127. The quantitative estimate of drug-likeness (QED) is 0.254. The van der Waals surface area contributed by atoms with Crippen LogP contribution in [-0.2, 0) is 4.74 Å². The molecule has 0 aromatic heterocycles. The number of benzene rings is 1. The summed E-state index contributed by atoms with van der Waals surface area (Å²) < 4.78 is 15.9. The van der Waals surface area contributed by atoms with E-state index in [4.69, 9.17) is 19.9 Å². The van der Waals surface area contributed by atoms with Crippen LogP contribution in [-0.4, -0.2) is 39.9 Å². The van der Waals surface area contributed by atoms with E-state index >= 15 is 0 Å². The second-order valence-corrected chi connectivity index (χ2v) is 4.78. The third kappa shape index (κ3) is 8.85. The fraction of sp³-hybridized carbons (Fsp3) is 0.562. The highest BCUT2D eigenvalue weighted by Crippen LogP contribution is 2.29. The number of anilines is 1. The number of hydrogen-bond donors (Lipinski definition) is 2. The number of aliphatic imine (C=N–C) groups is 1. The van der Waals surface area contributed by atoms with Crippen LogP contribution in [0.2, 0.25) is 0 Å². The summed E-state index contributed by atoms with van der Waals surface area (Å²) in [6.07, 6.45) is 3.12. The first-order valence-electron chi connectivity index (χ1n) is 7.58. The molecule has 0 fully saturated rings. The van der Waals surface area contributed by atoms with Crippen molar-refractivity contribution in [1.82, 2.24) is 0 Å². The first-order chi connectivity index (χ1) is 10.7. The van der Waals surface area contributed by atoms with Gasteiger partial charge in [-0.25, -0.2) is 0 Å². The number of halogens is 1. The standard InChI is InChI=1S/C16H27N3O3.HI/c1-4-5-10-22-11-6-9-18-16(17)19-13-7-8-14(20-2)15(12-13)21-3;/h7-8,12H,4-6,9-11H2,1-3H3,(H3,17,18,19);1H. The number of unbranched alkanes of at least 4 members (excludes halogenated alkanes) is 1. The highest BCUT2D eigenvalue weighted by molar-refractivity contribution is 14.0. The molecule has 1 rings (SSSR count). The molecule has 7 heteroatoms. The lowest BCUT2D eigenvalue weighted by atomic mass is 10.3. The fourth-order valence-corrected chi connectivity index (χ4v) is 1.82. The molecule has 0 aliphatic rings. The molecule has 3 N–H and O–H groups in total. The van der Waals surface area contributed by atoms with Gasteiger partial charge < -0.3 is 25.3 Å². The van der Waals surface area contributed by atoms with E-state index in [9.17, 15) is 0 Å². The van der Waals surface area contributed by atoms with E-state index in [0.717, 1.165) is 31.6 Å². The second kappa shape index (κ2) is 13.2. The van der Waals surface area contributed by atoms with Crippen LogP contribution in [0.25, 0.3) is 0 Å². The normalized spacial score (nSPS) is 10.8. The maximum absolute atomic E-state index is 5.86. The van der Waals surface area contributed by atoms with Crippen LogP contribution in [0.15, 0.2) is 23.2 Å². The number of hydrogen-bond acceptors (Lipinski definition) is 4. The van der Waals surface area contributed by atoms with Gasteiger partial charge in [-0.15, -0.1) is 24.0 Å². The zero-order valence-electron chi connectivity index (χ0n) is 14.1. The van der Waals surface area contributed by atoms with Gasteiger partial charge in [0.15, 0.2) is 17.5 Å². The first-order valence-corrected chi connectivity index (χ1v) is 7.58. The van der Waals surface area contributed by atoms with Gasteiger partial charge in [-0.1, -0.05) is 13.3 Å². The molecule has 0 radical (unpaired) electrons. The summed E-state index contributed by atoms with van der Waals surface area (Å²) in [5.74, 6) is 1.69. The Bertz CT molecular complexity index is 470. The summed E-state index contributed by atoms with van der Waals surface area (Å²) in [7, 11) is 3.20. The number of nitrogens with zero attached hydrogens (tertiary/aromatic N) is 1. The zero-order chi connectivity index (χ0) is 16.2. The predicted octanol–water partition coefficient (Wildman–Crippen LogP) is 3.26. The lowest BCUT2D eigenvalue weighted by Gasteiger charge is -2.11. The van der Waals surface area contributed by atoms with Crippen LogP contribution in [0.1, 0.15) is 26.2 Å². The Morgan fingerprint density at radius 1 is 1.13 bits per heavy atom. The van der Waals surface area contributed by atoms with Crippen LogP contribution < -0.4 is 20.5 Å². The highest BCUT2D eigenvalue weighted by Gasteiger charge is 2.04. The van der Waals surface area contributed by atoms with E-state index in [1.807, 2.05) is 18.2 Å². The predicted molar refractivity (Wildman–Crippen MR) is 105 cm³/mol. The maximum atomic E-state index is 5.86. The first kappa shape index (κ1) is 21.8. The smallest absolute Gasteiger partial charge is 0.193 e. The van der Waals surface area contributed by atoms with Crippen LogP contribution in [0, 0.1) is 0 Å². The average Bonchev–Trinajstić information content (AvgIpc) is 2.53. The van der Waals surface area contributed by atoms with Gasteiger partial charge in [0.05, 0.1) is 14.2 Å². The van der Waals surface area contributed by atoms with Crippen molar-refractivity contribution in [3.05, 3.63) is 18.2 Å². The number of guanidine groups is 1. The van der Waals surface area contributed by atoms with Crippen molar-refractivity contribution >= 4 is 35.6 Å². The Kier molecular flexibility index (Phi) is 12.5. The Morgan fingerprint density at radius 3 is 2.48 bits per heavy atom. The molecule has 6 nitrogen and oxygen atoms in total. The van der Waals surface area contributed by atoms with Crippen molar-refractivity contribution in [3.8, 4) is 11.5 Å². The van der Waals surface area contributed by atoms with Crippen LogP contribution >= 0.6 is 24.0 Å². The van der Waals surface area contributed by atoms with Gasteiger partial charge in [0.1, 0.15) is 0 Å². The topological polar surface area (TPSA) is 78.1 Å². The van der Waals surface area contributed by atoms with Gasteiger partial charge >= 0.3 is 0 Å². The van der Waals surface area contributed by atoms with Gasteiger partial charge in [-0.2, -0.15) is 0 Å². The van der Waals surface area contributed by atoms with E-state index in [1.165, 1.54) is 0 Å². The molecule has 1 aromatic rings. The molecule has 0 spiro atoms. The van der Waals surface area contributed by atoms with Gasteiger partial charge in [0.25, 0.3) is 0 Å². The monoisotopic (exact) mass is 437 g/mol. The molecule has 0 aliphatic heterocycles. The van der Waals surface area contributed by atoms with E-state index < -0.39 is 0 Å². The fourth-order valence-electron chi connectivity index (χ4n) is 1.82. The minimum absolute atomic E-state index is 0. The Balaban J connectivity index is 0.00000484. The lowest BCUT2D eigenvalue weighted by molar-refractivity contribution is 0.130. The third-order valence-electron chi connectivity index (χ3n) is 3.03. The number of rotatable bonds is 10. The minimum atomic E-state index is 0. The van der Waals surface area contributed by atoms with E-state index in [0.29, 0.717) is 30.6 Å². The van der Waals surface area contributed by atoms with Crippen molar-refractivity contribution < 1.29 is 14.2 Å². The molecular formula is C16H28IN3O3. The van der Waals surface area contributed by atoms with Crippen LogP contribution in [0.3, 0.4) is 0 Å². The Hall–Kier alpha value is -1.22. The average molecular weight is 437 g/mol. The molecule has 0 saturated heterocycles. The largest absolute Gasteiger partial charge is 0.493 e. The van der Waals surface area contributed by atoms with Crippen molar-refractivity contribution in [2.75, 3.05) is 39.3 Å². The summed E-state index contributed by atoms with van der Waals surface area (Å²) in [6, 6.07) is 5.49. The van der Waals surface area contributed by atoms with Gasteiger partial charge in [-0.3, -0.25) is 4.99 Å². The number of nitrogens with one attached hydrogen (secondary N) is 1. The van der Waals surface area contributed by atoms with Crippen molar-refractivity contribution in [1.29, 1.82) is 0 Å². The molecule has 0 heterocycles. The van der Waals surface area contributed by atoms with E-state index in [-0.39, 0.29) is 24.0 Å². The summed E-state index contributed by atoms with van der Waals surface area (Å²) in [4.78, 5) is 4.27. The summed E-state index contributed by atoms with van der Waals surface area (Å²) in [6.45, 7) is 4.32. The number of nitrogens with two attached hydrogens (primary N) is 1. The molecule has 0 amide bonds. The van der Waals surface area contributed by atoms with Crippen molar-refractivity contribution in [2.24, 2.45) is 10.7 Å². The van der Waals surface area contributed by atoms with Gasteiger partial charge in [0.2, 0.25) is 0 Å². The third-order valence-corrected chi connectivity index (χ3v) is 3.03. The molecule has 23 heavy (non-hydrogen) atoms. The lowest BCUT2D eigenvalue weighted by Crippen LogP contribution is -2.23. The molecule has 0 atom stereocenters. The second-order valence-electron chi connectivity index (χ2n) is 4.78. The summed E-state index contributed by atoms with van der Waals surface area (Å²) in [5.41, 5.74) is 6.66. The van der Waals surface area contributed by atoms with Gasteiger partial charge in [-0.05, 0) is 25.0 Å². The maximum Gasteiger partial charge on any atom is 0.193 e. The van der Waals surface area contributed by atoms with Crippen molar-refractivity contribution in [3.63, 3.8) is 0 Å². The van der Waals surface area contributed by atoms with Crippen molar-refractivity contribution in [2.45, 2.75) is 26.2 Å². The molecule has 0 bridgehead atoms. The number of ether oxygens (including phenoxy) is 3. The van der Waals surface area contributed by atoms with Crippen LogP contribution in [0.4, 0.5) is 5.69 Å². The van der Waals surface area contributed by atoms with E-state index in [2.05, 4.69) is 17.2 Å². The molecule has 0 unspecified atom stereocenters. The Labute approximate surface area is 155 Å². The SMILES string of the molecule is CCCCOCCCN=C(N)Nc1ccc(OC)c(OC)c1.I. The number of methoxy groups -OCH3 is 2. The minimum Gasteiger partial charge on any atom is -0.493 e. The molecule has 0 aliphatic carbocycles. The summed E-state index contributed by atoms with van der Waals surface area (Å²) in [5, 5.41) is 3.03. The zero-order valence-corrected chi connectivity index (χ0v) is 16.5. The van der Waals surface area contributed by atoms with Gasteiger partial charge in [0, 0.05) is 31.5 Å². The molecule has 132 valence electrons. The molecule has 1 aromatic carbocycles. The molecule has 0 saturated carbocycles. The molecular weight excluding hydrogens is 409 g/mol. The summed E-state index contributed by atoms with van der Waals surface area (Å²) >= 11 is 0. The Morgan fingerprint density at radius 2 is 1.83 bits per heavy atom. The van der Waals surface area contributed by atoms with E-state index in [1.54, 1.807) is 14.2 Å². The van der Waals surface area contributed by atoms with Crippen LogP contribution in [0.5, 0.6) is 11.5 Å².